The number of amides is 1. The minimum atomic E-state index is -1.10. The number of carbonyl (C=O) groups is 2. The number of ether oxygens (including phenoxy) is 1. The lowest BCUT2D eigenvalue weighted by molar-refractivity contribution is -0.139. The molecule has 0 unspecified atom stereocenters. The summed E-state index contributed by atoms with van der Waals surface area (Å²) < 4.78 is 19.8. The van der Waals surface area contributed by atoms with E-state index < -0.39 is 18.6 Å². The number of carboxylic acids is 1. The molecule has 5 nitrogen and oxygen atoms in total. The fraction of sp³-hybridized carbons (Fsp3) is 0.231. The molecule has 5 rings (SSSR count). The van der Waals surface area contributed by atoms with Gasteiger partial charge in [0.05, 0.1) is 6.04 Å². The Morgan fingerprint density at radius 2 is 1.76 bits per heavy atom. The van der Waals surface area contributed by atoms with Crippen LogP contribution in [0.1, 0.15) is 40.6 Å². The zero-order valence-corrected chi connectivity index (χ0v) is 18.3. The first-order valence-electron chi connectivity index (χ1n) is 10.7. The number of fused-ring (bicyclic) bond motifs is 1. The van der Waals surface area contributed by atoms with Gasteiger partial charge in [0, 0.05) is 23.0 Å². The van der Waals surface area contributed by atoms with Crippen LogP contribution in [0.2, 0.25) is 5.02 Å². The molecule has 1 saturated carbocycles. The van der Waals surface area contributed by atoms with Crippen molar-refractivity contribution in [3.63, 3.8) is 0 Å². The third-order valence-electron chi connectivity index (χ3n) is 6.32. The molecule has 0 spiro atoms. The molecule has 1 aliphatic carbocycles. The van der Waals surface area contributed by atoms with E-state index in [4.69, 9.17) is 21.4 Å². The minimum Gasteiger partial charge on any atom is -0.482 e. The molecule has 1 N–H and O–H groups in total. The molecule has 3 aromatic rings. The largest absolute Gasteiger partial charge is 0.482 e. The maximum atomic E-state index is 14.3. The lowest BCUT2D eigenvalue weighted by atomic mass is 9.97. The third-order valence-corrected chi connectivity index (χ3v) is 6.55. The van der Waals surface area contributed by atoms with E-state index in [0.717, 1.165) is 11.1 Å². The summed E-state index contributed by atoms with van der Waals surface area (Å²) in [5.41, 5.74) is 3.14. The summed E-state index contributed by atoms with van der Waals surface area (Å²) >= 11 is 6.29. The predicted molar refractivity (Wildman–Crippen MR) is 121 cm³/mol. The summed E-state index contributed by atoms with van der Waals surface area (Å²) in [7, 11) is 0. The van der Waals surface area contributed by atoms with Gasteiger partial charge in [-0.25, -0.2) is 9.18 Å². The van der Waals surface area contributed by atoms with Crippen molar-refractivity contribution in [2.75, 3.05) is 6.61 Å². The van der Waals surface area contributed by atoms with E-state index in [0.29, 0.717) is 34.9 Å². The van der Waals surface area contributed by atoms with Crippen molar-refractivity contribution >= 4 is 23.5 Å². The fourth-order valence-electron chi connectivity index (χ4n) is 4.73. The molecule has 168 valence electrons. The topological polar surface area (TPSA) is 66.8 Å². The molecule has 1 amide bonds. The van der Waals surface area contributed by atoms with Gasteiger partial charge in [0.25, 0.3) is 0 Å². The SMILES string of the molecule is O=C(O)COc1ccc(Cl)cc1[C@@H]1c2ccccc2CN1C(=O)[C@H]1C[C@@H]1c1ccccc1F. The highest BCUT2D eigenvalue weighted by Gasteiger charge is 2.49. The predicted octanol–water partition coefficient (Wildman–Crippen LogP) is 5.18. The molecule has 0 radical (unpaired) electrons. The number of benzene rings is 3. The van der Waals surface area contributed by atoms with E-state index in [1.54, 1.807) is 41.3 Å². The highest BCUT2D eigenvalue weighted by Crippen LogP contribution is 2.52. The van der Waals surface area contributed by atoms with E-state index in [9.17, 15) is 14.0 Å². The van der Waals surface area contributed by atoms with Crippen LogP contribution in [-0.4, -0.2) is 28.5 Å². The summed E-state index contributed by atoms with van der Waals surface area (Å²) in [5, 5.41) is 9.54. The highest BCUT2D eigenvalue weighted by molar-refractivity contribution is 6.30. The van der Waals surface area contributed by atoms with E-state index in [1.807, 2.05) is 24.3 Å². The van der Waals surface area contributed by atoms with Crippen molar-refractivity contribution < 1.29 is 23.8 Å². The maximum absolute atomic E-state index is 14.3. The zero-order chi connectivity index (χ0) is 23.1. The Hall–Kier alpha value is -3.38. The molecule has 1 aliphatic heterocycles. The average molecular weight is 466 g/mol. The van der Waals surface area contributed by atoms with E-state index >= 15 is 0 Å². The van der Waals surface area contributed by atoms with Gasteiger partial charge in [-0.05, 0) is 53.3 Å². The molecule has 1 fully saturated rings. The van der Waals surface area contributed by atoms with Crippen LogP contribution < -0.4 is 4.74 Å². The summed E-state index contributed by atoms with van der Waals surface area (Å²) in [6.07, 6.45) is 0.594. The molecular formula is C26H21ClFNO4. The van der Waals surface area contributed by atoms with Crippen LogP contribution in [-0.2, 0) is 16.1 Å². The van der Waals surface area contributed by atoms with E-state index in [2.05, 4.69) is 0 Å². The molecule has 1 heterocycles. The summed E-state index contributed by atoms with van der Waals surface area (Å²) in [5.74, 6) is -1.54. The first-order chi connectivity index (χ1) is 15.9. The van der Waals surface area contributed by atoms with Gasteiger partial charge in [0.2, 0.25) is 5.91 Å². The van der Waals surface area contributed by atoms with Crippen LogP contribution in [0.3, 0.4) is 0 Å². The van der Waals surface area contributed by atoms with Crippen LogP contribution in [0.4, 0.5) is 4.39 Å². The fourth-order valence-corrected chi connectivity index (χ4v) is 4.91. The van der Waals surface area contributed by atoms with Gasteiger partial charge in [0.15, 0.2) is 6.61 Å². The number of hydrogen-bond acceptors (Lipinski definition) is 3. The van der Waals surface area contributed by atoms with Crippen molar-refractivity contribution in [1.82, 2.24) is 4.90 Å². The molecule has 3 atom stereocenters. The lowest BCUT2D eigenvalue weighted by Gasteiger charge is -2.28. The number of carbonyl (C=O) groups excluding carboxylic acids is 1. The Balaban J connectivity index is 1.50. The molecule has 0 aromatic heterocycles. The molecule has 0 saturated heterocycles. The highest BCUT2D eigenvalue weighted by atomic mass is 35.5. The van der Waals surface area contributed by atoms with Gasteiger partial charge in [-0.1, -0.05) is 54.1 Å². The van der Waals surface area contributed by atoms with Gasteiger partial charge in [-0.3, -0.25) is 4.79 Å². The van der Waals surface area contributed by atoms with Gasteiger partial charge >= 0.3 is 5.97 Å². The van der Waals surface area contributed by atoms with Gasteiger partial charge in [-0.2, -0.15) is 0 Å². The molecular weight excluding hydrogens is 445 g/mol. The van der Waals surface area contributed by atoms with Crippen LogP contribution in [0.25, 0.3) is 0 Å². The van der Waals surface area contributed by atoms with Gasteiger partial charge in [-0.15, -0.1) is 0 Å². The lowest BCUT2D eigenvalue weighted by Crippen LogP contribution is -2.32. The number of hydrogen-bond donors (Lipinski definition) is 1. The zero-order valence-electron chi connectivity index (χ0n) is 17.6. The normalized spacial score (nSPS) is 20.9. The Labute approximate surface area is 195 Å². The molecule has 33 heavy (non-hydrogen) atoms. The Bertz CT molecular complexity index is 1250. The maximum Gasteiger partial charge on any atom is 0.341 e. The van der Waals surface area contributed by atoms with Crippen LogP contribution >= 0.6 is 11.6 Å². The number of nitrogens with zero attached hydrogens (tertiary/aromatic N) is 1. The van der Waals surface area contributed by atoms with Crippen LogP contribution in [0, 0.1) is 11.7 Å². The molecule has 0 bridgehead atoms. The van der Waals surface area contributed by atoms with E-state index in [-0.39, 0.29) is 23.6 Å². The third kappa shape index (κ3) is 4.07. The summed E-state index contributed by atoms with van der Waals surface area (Å²) in [6, 6.07) is 18.8. The second kappa shape index (κ2) is 8.52. The smallest absolute Gasteiger partial charge is 0.341 e. The quantitative estimate of drug-likeness (QED) is 0.545. The summed E-state index contributed by atoms with van der Waals surface area (Å²) in [6.45, 7) is -0.0972. The minimum absolute atomic E-state index is 0.0615. The second-order valence-corrected chi connectivity index (χ2v) is 8.84. The second-order valence-electron chi connectivity index (χ2n) is 8.40. The van der Waals surface area contributed by atoms with Gasteiger partial charge < -0.3 is 14.7 Å². The van der Waals surface area contributed by atoms with Crippen molar-refractivity contribution in [2.24, 2.45) is 5.92 Å². The number of aliphatic carboxylic acids is 1. The molecule has 2 aliphatic rings. The van der Waals surface area contributed by atoms with Crippen LogP contribution in [0.15, 0.2) is 66.7 Å². The van der Waals surface area contributed by atoms with Crippen molar-refractivity contribution in [3.8, 4) is 5.75 Å². The first-order valence-corrected chi connectivity index (χ1v) is 11.1. The molecule has 7 heteroatoms. The molecule has 3 aromatic carbocycles. The van der Waals surface area contributed by atoms with Crippen LogP contribution in [0.5, 0.6) is 5.75 Å². The Morgan fingerprint density at radius 3 is 2.52 bits per heavy atom. The standard InChI is InChI=1S/C26H21ClFNO4/c27-16-9-10-23(33-14-24(30)31)21(11-16)25-17-6-2-1-5-15(17)13-29(25)26(32)20-12-19(20)18-7-3-4-8-22(18)28/h1-11,19-20,25H,12-14H2,(H,30,31)/t19-,20+,25+/m1/s1. The first kappa shape index (κ1) is 21.5. The monoisotopic (exact) mass is 465 g/mol. The number of rotatable bonds is 6. The Morgan fingerprint density at radius 1 is 1.03 bits per heavy atom. The number of halogens is 2. The van der Waals surface area contributed by atoms with Crippen molar-refractivity contribution in [3.05, 3.63) is 99.8 Å². The summed E-state index contributed by atoms with van der Waals surface area (Å²) in [4.78, 5) is 26.5. The Kier molecular flexibility index (Phi) is 5.54. The number of carboxylic acid groups (broad SMARTS) is 1. The van der Waals surface area contributed by atoms with E-state index in [1.165, 1.54) is 6.07 Å². The average Bonchev–Trinajstić information content (AvgIpc) is 3.50. The van der Waals surface area contributed by atoms with Crippen molar-refractivity contribution in [2.45, 2.75) is 24.9 Å². The van der Waals surface area contributed by atoms with Crippen molar-refractivity contribution in [1.29, 1.82) is 0 Å². The van der Waals surface area contributed by atoms with Gasteiger partial charge in [0.1, 0.15) is 11.6 Å².